The van der Waals surface area contributed by atoms with Crippen molar-refractivity contribution in [3.8, 4) is 0 Å². The maximum atomic E-state index is 2.61. The Labute approximate surface area is 280 Å². The van der Waals surface area contributed by atoms with Crippen LogP contribution in [0.5, 0.6) is 0 Å². The van der Waals surface area contributed by atoms with Crippen LogP contribution in [0.2, 0.25) is 0 Å². The number of hydrogen-bond donors (Lipinski definition) is 0. The van der Waals surface area contributed by atoms with Crippen LogP contribution in [0, 0.1) is 0 Å². The van der Waals surface area contributed by atoms with Gasteiger partial charge in [0.25, 0.3) is 0 Å². The molecule has 3 aliphatic heterocycles. The van der Waals surface area contributed by atoms with Crippen molar-refractivity contribution >= 4 is 97.1 Å². The quantitative estimate of drug-likeness (QED) is 0.181. The molecule has 0 N–H and O–H groups in total. The normalized spacial score (nSPS) is 14.0. The predicted octanol–water partition coefficient (Wildman–Crippen LogP) is 9.59. The Morgan fingerprint density at radius 1 is 0.312 bits per heavy atom. The Balaban J connectivity index is 1.39. The molecule has 0 bridgehead atoms. The molecule has 48 heavy (non-hydrogen) atoms. The zero-order valence-electron chi connectivity index (χ0n) is 26.1. The van der Waals surface area contributed by atoms with Crippen molar-refractivity contribution in [2.75, 3.05) is 14.7 Å². The number of rotatable bonds is 3. The number of benzene rings is 8. The van der Waals surface area contributed by atoms with Gasteiger partial charge in [0, 0.05) is 50.6 Å². The fourth-order valence-electron chi connectivity index (χ4n) is 8.66. The van der Waals surface area contributed by atoms with E-state index in [0.717, 1.165) is 0 Å². The lowest BCUT2D eigenvalue weighted by molar-refractivity contribution is 1.23. The summed E-state index contributed by atoms with van der Waals surface area (Å²) in [4.78, 5) is 7.69. The minimum absolute atomic E-state index is 1.18. The number of anilines is 9. The van der Waals surface area contributed by atoms with Gasteiger partial charge >= 0.3 is 0 Å². The van der Waals surface area contributed by atoms with Gasteiger partial charge in [-0.2, -0.15) is 0 Å². The van der Waals surface area contributed by atoms with Gasteiger partial charge in [-0.25, -0.2) is 0 Å². The third-order valence-corrected chi connectivity index (χ3v) is 13.9. The van der Waals surface area contributed by atoms with E-state index in [1.165, 1.54) is 88.3 Å². The number of hydrogen-bond acceptors (Lipinski definition) is 3. The summed E-state index contributed by atoms with van der Waals surface area (Å²) in [5.74, 6) is 0. The molecule has 3 heterocycles. The van der Waals surface area contributed by atoms with E-state index < -0.39 is 8.80 Å². The SMILES string of the molecule is c1ccc(N2c3cccc4c3[SiH]3c5c2cc2ccccc2c5N(c2ccccc2)c2c3c(cc3ccccc23)N4c2ccccc2)cc1. The van der Waals surface area contributed by atoms with Crippen molar-refractivity contribution in [1.82, 2.24) is 0 Å². The molecule has 224 valence electrons. The molecule has 0 aromatic heterocycles. The summed E-state index contributed by atoms with van der Waals surface area (Å²) in [5.41, 5.74) is 11.4. The molecule has 0 aliphatic carbocycles. The average molecular weight is 628 g/mol. The van der Waals surface area contributed by atoms with Crippen LogP contribution >= 0.6 is 0 Å². The highest BCUT2D eigenvalue weighted by Gasteiger charge is 2.49. The molecule has 8 aromatic carbocycles. The Morgan fingerprint density at radius 3 is 1.17 bits per heavy atom. The van der Waals surface area contributed by atoms with Crippen LogP contribution in [0.25, 0.3) is 21.5 Å². The van der Waals surface area contributed by atoms with Crippen LogP contribution in [0.4, 0.5) is 51.2 Å². The van der Waals surface area contributed by atoms with Crippen LogP contribution in [0.15, 0.2) is 170 Å². The molecule has 0 saturated heterocycles. The monoisotopic (exact) mass is 627 g/mol. The second kappa shape index (κ2) is 9.71. The van der Waals surface area contributed by atoms with E-state index in [4.69, 9.17) is 0 Å². The second-order valence-corrected chi connectivity index (χ2v) is 15.5. The first-order valence-corrected chi connectivity index (χ1v) is 18.4. The van der Waals surface area contributed by atoms with Gasteiger partial charge in [0.2, 0.25) is 0 Å². The Kier molecular flexibility index (Phi) is 5.26. The minimum atomic E-state index is -2.05. The third kappa shape index (κ3) is 3.37. The maximum Gasteiger partial charge on any atom is 0.149 e. The molecule has 11 rings (SSSR count). The van der Waals surface area contributed by atoms with Gasteiger partial charge < -0.3 is 14.7 Å². The van der Waals surface area contributed by atoms with Crippen molar-refractivity contribution in [2.45, 2.75) is 0 Å². The van der Waals surface area contributed by atoms with Crippen molar-refractivity contribution in [1.29, 1.82) is 0 Å². The molecule has 0 saturated carbocycles. The standard InChI is InChI=1S/C44H29N3Si/c1-4-17-31(18-5-1)45-36-25-14-26-37-42(36)48-43-38(45)27-29-15-10-12-23-34(29)40(43)47(33-21-8-3-9-22-33)41-35-24-13-11-16-30(35)28-39(44(41)48)46(37)32-19-6-2-7-20-32/h1-28,48H. The molecular formula is C44H29N3Si. The van der Waals surface area contributed by atoms with Gasteiger partial charge in [0.15, 0.2) is 0 Å². The van der Waals surface area contributed by atoms with Gasteiger partial charge in [0.1, 0.15) is 8.80 Å². The summed E-state index contributed by atoms with van der Waals surface area (Å²) in [7, 11) is -2.05. The van der Waals surface area contributed by atoms with E-state index >= 15 is 0 Å². The fraction of sp³-hybridized carbons (Fsp3) is 0. The van der Waals surface area contributed by atoms with E-state index in [1.54, 1.807) is 0 Å². The average Bonchev–Trinajstić information content (AvgIpc) is 3.16. The lowest BCUT2D eigenvalue weighted by Crippen LogP contribution is -2.65. The van der Waals surface area contributed by atoms with Gasteiger partial charge in [-0.05, 0) is 87.0 Å². The zero-order valence-corrected chi connectivity index (χ0v) is 27.2. The molecule has 3 aliphatic rings. The summed E-state index contributed by atoms with van der Waals surface area (Å²) in [6, 6.07) is 62.8. The molecule has 8 aromatic rings. The topological polar surface area (TPSA) is 9.72 Å². The summed E-state index contributed by atoms with van der Waals surface area (Å²) in [6.45, 7) is 0. The maximum absolute atomic E-state index is 2.61. The van der Waals surface area contributed by atoms with E-state index in [2.05, 4.69) is 185 Å². The molecule has 0 fully saturated rings. The lowest BCUT2D eigenvalue weighted by Gasteiger charge is -2.50. The highest BCUT2D eigenvalue weighted by molar-refractivity contribution is 7.03. The first kappa shape index (κ1) is 26.0. The van der Waals surface area contributed by atoms with E-state index in [-0.39, 0.29) is 0 Å². The molecule has 3 nitrogen and oxygen atoms in total. The number of nitrogens with zero attached hydrogens (tertiary/aromatic N) is 3. The van der Waals surface area contributed by atoms with Crippen LogP contribution in [-0.2, 0) is 0 Å². The molecule has 4 heteroatoms. The summed E-state index contributed by atoms with van der Waals surface area (Å²) < 4.78 is 0. The minimum Gasteiger partial charge on any atom is -0.311 e. The summed E-state index contributed by atoms with van der Waals surface area (Å²) >= 11 is 0. The Hall–Kier alpha value is -6.10. The molecule has 0 atom stereocenters. The van der Waals surface area contributed by atoms with E-state index in [0.29, 0.717) is 0 Å². The smallest absolute Gasteiger partial charge is 0.149 e. The van der Waals surface area contributed by atoms with Gasteiger partial charge in [-0.3, -0.25) is 0 Å². The third-order valence-electron chi connectivity index (χ3n) is 10.5. The van der Waals surface area contributed by atoms with Crippen molar-refractivity contribution in [3.63, 3.8) is 0 Å². The lowest BCUT2D eigenvalue weighted by atomic mass is 9.99. The molecule has 0 radical (unpaired) electrons. The first-order chi connectivity index (χ1) is 23.9. The van der Waals surface area contributed by atoms with E-state index in [9.17, 15) is 0 Å². The van der Waals surface area contributed by atoms with Crippen molar-refractivity contribution in [2.24, 2.45) is 0 Å². The van der Waals surface area contributed by atoms with Crippen LogP contribution in [0.3, 0.4) is 0 Å². The van der Waals surface area contributed by atoms with Gasteiger partial charge in [-0.1, -0.05) is 109 Å². The highest BCUT2D eigenvalue weighted by Crippen LogP contribution is 2.53. The fourth-order valence-corrected chi connectivity index (χ4v) is 12.7. The highest BCUT2D eigenvalue weighted by atomic mass is 28.3. The van der Waals surface area contributed by atoms with Gasteiger partial charge in [-0.15, -0.1) is 0 Å². The Bertz CT molecular complexity index is 2430. The molecule has 0 unspecified atom stereocenters. The van der Waals surface area contributed by atoms with Gasteiger partial charge in [0.05, 0.1) is 11.4 Å². The zero-order chi connectivity index (χ0) is 31.3. The van der Waals surface area contributed by atoms with E-state index in [1.807, 2.05) is 0 Å². The van der Waals surface area contributed by atoms with Crippen molar-refractivity contribution in [3.05, 3.63) is 170 Å². The molecule has 0 spiro atoms. The first-order valence-electron chi connectivity index (χ1n) is 16.7. The number of para-hydroxylation sites is 3. The summed E-state index contributed by atoms with van der Waals surface area (Å²) in [6.07, 6.45) is 0. The summed E-state index contributed by atoms with van der Waals surface area (Å²) in [5, 5.41) is 9.60. The van der Waals surface area contributed by atoms with Crippen LogP contribution in [-0.4, -0.2) is 8.80 Å². The largest absolute Gasteiger partial charge is 0.311 e. The molecule has 0 amide bonds. The Morgan fingerprint density at radius 2 is 0.708 bits per heavy atom. The molecular weight excluding hydrogens is 599 g/mol. The van der Waals surface area contributed by atoms with Crippen LogP contribution < -0.4 is 30.3 Å². The number of fused-ring (bicyclic) bond motifs is 4. The predicted molar refractivity (Wildman–Crippen MR) is 205 cm³/mol. The van der Waals surface area contributed by atoms with Crippen LogP contribution in [0.1, 0.15) is 0 Å². The van der Waals surface area contributed by atoms with Crippen molar-refractivity contribution < 1.29 is 0 Å². The second-order valence-electron chi connectivity index (χ2n) is 12.9.